The Morgan fingerprint density at radius 2 is 2.09 bits per heavy atom. The number of quaternary nitrogens is 1. The van der Waals surface area contributed by atoms with Gasteiger partial charge in [-0.05, 0) is 32.6 Å². The fourth-order valence-corrected chi connectivity index (χ4v) is 1.29. The molecule has 0 amide bonds. The maximum atomic E-state index is 11.0. The van der Waals surface area contributed by atoms with Crippen LogP contribution in [-0.2, 0) is 9.53 Å². The van der Waals surface area contributed by atoms with E-state index < -0.39 is 0 Å². The van der Waals surface area contributed by atoms with Gasteiger partial charge < -0.3 is 10.5 Å². The Morgan fingerprint density at radius 3 is 2.55 bits per heavy atom. The molecule has 0 heterocycles. The summed E-state index contributed by atoms with van der Waals surface area (Å²) in [5.41, 5.74) is 3.61. The monoisotopic (exact) mass is 158 g/mol. The first-order chi connectivity index (χ1) is 5.20. The van der Waals surface area contributed by atoms with Crippen LogP contribution in [0.15, 0.2) is 0 Å². The Balaban J connectivity index is 2.24. The molecule has 1 aliphatic carbocycles. The smallest absolute Gasteiger partial charge is 0.364 e. The molecule has 0 aromatic heterocycles. The van der Waals surface area contributed by atoms with Gasteiger partial charge in [-0.3, -0.25) is 0 Å². The summed E-state index contributed by atoms with van der Waals surface area (Å²) in [6.45, 7) is 1.76. The molecule has 0 aliphatic heterocycles. The van der Waals surface area contributed by atoms with Crippen LogP contribution in [0.2, 0.25) is 0 Å². The van der Waals surface area contributed by atoms with Crippen molar-refractivity contribution >= 4 is 5.97 Å². The zero-order chi connectivity index (χ0) is 8.27. The van der Waals surface area contributed by atoms with Crippen LogP contribution in [0.5, 0.6) is 0 Å². The molecule has 11 heavy (non-hydrogen) atoms. The average Bonchev–Trinajstić information content (AvgIpc) is 2.39. The molecule has 0 saturated heterocycles. The van der Waals surface area contributed by atoms with Gasteiger partial charge in [-0.25, -0.2) is 4.79 Å². The second-order valence-electron chi connectivity index (χ2n) is 3.24. The van der Waals surface area contributed by atoms with E-state index in [1.165, 1.54) is 12.8 Å². The van der Waals surface area contributed by atoms with Crippen molar-refractivity contribution in [2.75, 3.05) is 0 Å². The van der Waals surface area contributed by atoms with E-state index in [4.69, 9.17) is 4.74 Å². The molecule has 64 valence electrons. The van der Waals surface area contributed by atoms with Gasteiger partial charge in [-0.2, -0.15) is 0 Å². The third kappa shape index (κ3) is 2.50. The van der Waals surface area contributed by atoms with Crippen molar-refractivity contribution in [1.29, 1.82) is 0 Å². The molecule has 0 radical (unpaired) electrons. The summed E-state index contributed by atoms with van der Waals surface area (Å²) in [5.74, 6) is -0.156. The molecule has 1 unspecified atom stereocenters. The number of hydrogen-bond donors (Lipinski definition) is 1. The molecular weight excluding hydrogens is 142 g/mol. The number of ether oxygens (including phenoxy) is 1. The Morgan fingerprint density at radius 1 is 1.55 bits per heavy atom. The average molecular weight is 158 g/mol. The molecule has 0 bridgehead atoms. The second kappa shape index (κ2) is 3.72. The first kappa shape index (κ1) is 8.53. The maximum absolute atomic E-state index is 11.0. The molecular formula is C8H16NO2+. The highest BCUT2D eigenvalue weighted by Crippen LogP contribution is 2.20. The van der Waals surface area contributed by atoms with Crippen LogP contribution in [0, 0.1) is 0 Å². The van der Waals surface area contributed by atoms with Gasteiger partial charge in [0.15, 0.2) is 6.04 Å². The minimum absolute atomic E-state index is 0.156. The quantitative estimate of drug-likeness (QED) is 0.579. The fraction of sp³-hybridized carbons (Fsp3) is 0.875. The van der Waals surface area contributed by atoms with Crippen molar-refractivity contribution in [3.63, 3.8) is 0 Å². The molecule has 3 nitrogen and oxygen atoms in total. The fourth-order valence-electron chi connectivity index (χ4n) is 1.29. The van der Waals surface area contributed by atoms with Gasteiger partial charge in [0.25, 0.3) is 0 Å². The minimum Gasteiger partial charge on any atom is -0.458 e. The van der Waals surface area contributed by atoms with Crippen molar-refractivity contribution in [3.8, 4) is 0 Å². The molecule has 1 fully saturated rings. The van der Waals surface area contributed by atoms with Crippen LogP contribution in [-0.4, -0.2) is 18.1 Å². The van der Waals surface area contributed by atoms with Gasteiger partial charge in [0, 0.05) is 0 Å². The standard InChI is InChI=1S/C8H15NO2/c1-6(9)8(10)11-7-4-2-3-5-7/h6-7H,2-5,9H2,1H3/p+1. The first-order valence-corrected chi connectivity index (χ1v) is 4.23. The lowest BCUT2D eigenvalue weighted by Crippen LogP contribution is -2.63. The predicted molar refractivity (Wildman–Crippen MR) is 40.7 cm³/mol. The lowest BCUT2D eigenvalue weighted by Gasteiger charge is -2.10. The van der Waals surface area contributed by atoms with Gasteiger partial charge in [-0.15, -0.1) is 0 Å². The molecule has 0 aromatic carbocycles. The summed E-state index contributed by atoms with van der Waals surface area (Å²) in [6, 6.07) is -0.226. The van der Waals surface area contributed by atoms with Crippen molar-refractivity contribution in [2.24, 2.45) is 0 Å². The number of esters is 1. The molecule has 0 spiro atoms. The summed E-state index contributed by atoms with van der Waals surface area (Å²) in [6.07, 6.45) is 4.66. The third-order valence-electron chi connectivity index (χ3n) is 1.99. The van der Waals surface area contributed by atoms with Gasteiger partial charge in [-0.1, -0.05) is 0 Å². The predicted octanol–water partition coefficient (Wildman–Crippen LogP) is 0.103. The molecule has 0 aromatic rings. The topological polar surface area (TPSA) is 53.9 Å². The number of carbonyl (C=O) groups excluding carboxylic acids is 1. The van der Waals surface area contributed by atoms with Crippen LogP contribution in [0.1, 0.15) is 32.6 Å². The van der Waals surface area contributed by atoms with E-state index >= 15 is 0 Å². The van der Waals surface area contributed by atoms with E-state index in [0.717, 1.165) is 12.8 Å². The Kier molecular flexibility index (Phi) is 2.88. The summed E-state index contributed by atoms with van der Waals surface area (Å²) in [7, 11) is 0. The zero-order valence-electron chi connectivity index (χ0n) is 7.01. The third-order valence-corrected chi connectivity index (χ3v) is 1.99. The van der Waals surface area contributed by atoms with Crippen molar-refractivity contribution in [2.45, 2.75) is 44.8 Å². The zero-order valence-corrected chi connectivity index (χ0v) is 7.01. The molecule has 1 atom stereocenters. The van der Waals surface area contributed by atoms with Crippen molar-refractivity contribution in [1.82, 2.24) is 0 Å². The second-order valence-corrected chi connectivity index (χ2v) is 3.24. The highest BCUT2D eigenvalue weighted by molar-refractivity contribution is 5.73. The van der Waals surface area contributed by atoms with Crippen LogP contribution in [0.4, 0.5) is 0 Å². The van der Waals surface area contributed by atoms with E-state index in [2.05, 4.69) is 5.73 Å². The Bertz CT molecular complexity index is 139. The number of carbonyl (C=O) groups is 1. The summed E-state index contributed by atoms with van der Waals surface area (Å²) < 4.78 is 5.17. The summed E-state index contributed by atoms with van der Waals surface area (Å²) in [5, 5.41) is 0. The van der Waals surface area contributed by atoms with E-state index in [9.17, 15) is 4.79 Å². The lowest BCUT2D eigenvalue weighted by atomic mass is 10.3. The normalized spacial score (nSPS) is 21.6. The number of rotatable bonds is 2. The minimum atomic E-state index is -0.226. The van der Waals surface area contributed by atoms with Gasteiger partial charge in [0.1, 0.15) is 6.10 Å². The Hall–Kier alpha value is -0.570. The largest absolute Gasteiger partial charge is 0.458 e. The van der Waals surface area contributed by atoms with Crippen molar-refractivity contribution in [3.05, 3.63) is 0 Å². The first-order valence-electron chi connectivity index (χ1n) is 4.23. The lowest BCUT2D eigenvalue weighted by molar-refractivity contribution is -0.403. The molecule has 3 N–H and O–H groups in total. The Labute approximate surface area is 66.9 Å². The highest BCUT2D eigenvalue weighted by atomic mass is 16.5. The van der Waals surface area contributed by atoms with Gasteiger partial charge in [0.2, 0.25) is 0 Å². The molecule has 1 rings (SSSR count). The van der Waals surface area contributed by atoms with E-state index in [1.54, 1.807) is 6.92 Å². The van der Waals surface area contributed by atoms with Crippen LogP contribution in [0.25, 0.3) is 0 Å². The maximum Gasteiger partial charge on any atom is 0.364 e. The molecule has 1 aliphatic rings. The number of hydrogen-bond acceptors (Lipinski definition) is 2. The van der Waals surface area contributed by atoms with E-state index in [1.807, 2.05) is 0 Å². The molecule has 3 heteroatoms. The van der Waals surface area contributed by atoms with Crippen LogP contribution >= 0.6 is 0 Å². The van der Waals surface area contributed by atoms with Crippen molar-refractivity contribution < 1.29 is 15.3 Å². The van der Waals surface area contributed by atoms with Gasteiger partial charge >= 0.3 is 5.97 Å². The van der Waals surface area contributed by atoms with Crippen LogP contribution in [0.3, 0.4) is 0 Å². The summed E-state index contributed by atoms with van der Waals surface area (Å²) >= 11 is 0. The SMILES string of the molecule is CC([NH3+])C(=O)OC1CCCC1. The van der Waals surface area contributed by atoms with E-state index in [0.29, 0.717) is 0 Å². The molecule has 1 saturated carbocycles. The highest BCUT2D eigenvalue weighted by Gasteiger charge is 2.22. The summed E-state index contributed by atoms with van der Waals surface area (Å²) in [4.78, 5) is 11.0. The van der Waals surface area contributed by atoms with Gasteiger partial charge in [0.05, 0.1) is 0 Å². The van der Waals surface area contributed by atoms with E-state index in [-0.39, 0.29) is 18.1 Å². The van der Waals surface area contributed by atoms with Crippen LogP contribution < -0.4 is 5.73 Å².